The highest BCUT2D eigenvalue weighted by molar-refractivity contribution is 5.98. The van der Waals surface area contributed by atoms with Crippen LogP contribution in [0.4, 0.5) is 0 Å². The Morgan fingerprint density at radius 3 is 1.56 bits per heavy atom. The van der Waals surface area contributed by atoms with Crippen molar-refractivity contribution in [1.82, 2.24) is 0 Å². The molecule has 2 nitrogen and oxygen atoms in total. The first-order valence-electron chi connectivity index (χ1n) is 3.09. The van der Waals surface area contributed by atoms with Crippen molar-refractivity contribution in [3.05, 3.63) is 0 Å². The number of hydrogen-bond acceptors (Lipinski definition) is 2. The number of hydrogen-bond donors (Lipinski definition) is 1. The molecule has 0 aliphatic carbocycles. The van der Waals surface area contributed by atoms with Crippen molar-refractivity contribution >= 4 is 10.5 Å². The molecule has 0 rings (SSSR count). The maximum Gasteiger partial charge on any atom is 0.156 e. The Balaban J connectivity index is 4.14. The Morgan fingerprint density at radius 1 is 1.22 bits per heavy atom. The van der Waals surface area contributed by atoms with E-state index in [2.05, 4.69) is 0 Å². The molecule has 0 heterocycles. The van der Waals surface area contributed by atoms with Gasteiger partial charge in [0.05, 0.1) is 0 Å². The minimum absolute atomic E-state index is 0.186. The maximum atomic E-state index is 9.47. The Bertz CT molecular complexity index is 93.7. The lowest BCUT2D eigenvalue weighted by atomic mass is 9.87. The van der Waals surface area contributed by atoms with Gasteiger partial charge >= 0.3 is 0 Å². The zero-order chi connectivity index (χ0) is 7.71. The fourth-order valence-corrected chi connectivity index (χ4v) is 0.919. The quantitative estimate of drug-likeness (QED) is 0.420. The molecule has 9 heavy (non-hydrogen) atoms. The predicted molar refractivity (Wildman–Crippen MR) is 41.1 cm³/mol. The average molecular weight is 148 g/mol. The van der Waals surface area contributed by atoms with E-state index in [0.29, 0.717) is 10.5 Å². The molecule has 0 aliphatic rings. The summed E-state index contributed by atoms with van der Waals surface area (Å²) in [5.41, 5.74) is -0.186. The summed E-state index contributed by atoms with van der Waals surface area (Å²) >= 11 is 0. The molecule has 56 valence electrons. The van der Waals surface area contributed by atoms with Crippen molar-refractivity contribution in [3.8, 4) is 0 Å². The molecule has 0 spiro atoms. The van der Waals surface area contributed by atoms with Gasteiger partial charge in [0.25, 0.3) is 0 Å². The highest BCUT2D eigenvalue weighted by atomic mass is 28.2. The van der Waals surface area contributed by atoms with Crippen LogP contribution >= 0.6 is 0 Å². The maximum absolute atomic E-state index is 9.47. The lowest BCUT2D eigenvalue weighted by Gasteiger charge is -2.35. The molecular formula is C6H16O2Si. The number of aliphatic hydroxyl groups is 1. The van der Waals surface area contributed by atoms with Crippen LogP contribution in [0.5, 0.6) is 0 Å². The molecule has 0 bridgehead atoms. The first-order valence-corrected chi connectivity index (χ1v) is 3.90. The van der Waals surface area contributed by atoms with Crippen LogP contribution in [0.15, 0.2) is 0 Å². The van der Waals surface area contributed by atoms with Gasteiger partial charge in [-0.05, 0) is 6.92 Å². The summed E-state index contributed by atoms with van der Waals surface area (Å²) < 4.78 is 5.00. The standard InChI is InChI=1S/C6H16O2Si/c1-5(2,3)6(4,7)8-9/h7H,1-4,9H3. The van der Waals surface area contributed by atoms with Crippen molar-refractivity contribution < 1.29 is 9.53 Å². The predicted octanol–water partition coefficient (Wildman–Crippen LogP) is 0.0380. The molecule has 0 amide bonds. The van der Waals surface area contributed by atoms with Gasteiger partial charge < -0.3 is 9.53 Å². The molecule has 0 aliphatic heterocycles. The molecule has 1 N–H and O–H groups in total. The van der Waals surface area contributed by atoms with Gasteiger partial charge in [0.2, 0.25) is 0 Å². The first-order chi connectivity index (χ1) is 3.81. The van der Waals surface area contributed by atoms with Gasteiger partial charge in [-0.1, -0.05) is 20.8 Å². The van der Waals surface area contributed by atoms with Gasteiger partial charge in [0, 0.05) is 5.41 Å². The van der Waals surface area contributed by atoms with Crippen LogP contribution in [0.1, 0.15) is 27.7 Å². The van der Waals surface area contributed by atoms with Crippen LogP contribution in [0.25, 0.3) is 0 Å². The summed E-state index contributed by atoms with van der Waals surface area (Å²) in [7, 11) is 0.578. The van der Waals surface area contributed by atoms with Gasteiger partial charge in [0.1, 0.15) is 10.5 Å². The van der Waals surface area contributed by atoms with E-state index in [4.69, 9.17) is 4.43 Å². The third-order valence-electron chi connectivity index (χ3n) is 1.79. The molecule has 0 saturated carbocycles. The van der Waals surface area contributed by atoms with E-state index in [1.54, 1.807) is 6.92 Å². The summed E-state index contributed by atoms with van der Waals surface area (Å²) in [5, 5.41) is 9.47. The van der Waals surface area contributed by atoms with Gasteiger partial charge in [-0.2, -0.15) is 0 Å². The molecule has 0 radical (unpaired) electrons. The highest BCUT2D eigenvalue weighted by Gasteiger charge is 2.34. The van der Waals surface area contributed by atoms with Gasteiger partial charge in [0.15, 0.2) is 5.79 Å². The fraction of sp³-hybridized carbons (Fsp3) is 1.00. The van der Waals surface area contributed by atoms with Crippen LogP contribution in [-0.2, 0) is 4.43 Å². The molecular weight excluding hydrogens is 132 g/mol. The molecule has 0 aromatic heterocycles. The molecule has 0 fully saturated rings. The zero-order valence-corrected chi connectivity index (χ0v) is 8.86. The van der Waals surface area contributed by atoms with Crippen LogP contribution < -0.4 is 0 Å². The summed E-state index contributed by atoms with van der Waals surface area (Å²) in [4.78, 5) is 0. The minimum Gasteiger partial charge on any atom is -0.401 e. The normalized spacial score (nSPS) is 19.7. The van der Waals surface area contributed by atoms with E-state index in [0.717, 1.165) is 0 Å². The van der Waals surface area contributed by atoms with E-state index < -0.39 is 5.79 Å². The van der Waals surface area contributed by atoms with Crippen molar-refractivity contribution in [2.45, 2.75) is 33.5 Å². The van der Waals surface area contributed by atoms with Crippen LogP contribution in [-0.4, -0.2) is 21.4 Å². The SMILES string of the molecule is CC(C)(C)C(C)(O)O[SiH3]. The zero-order valence-electron chi connectivity index (χ0n) is 6.86. The van der Waals surface area contributed by atoms with Gasteiger partial charge in [-0.3, -0.25) is 0 Å². The van der Waals surface area contributed by atoms with Crippen LogP contribution in [0.2, 0.25) is 0 Å². The Hall–Kier alpha value is 0.137. The molecule has 3 heteroatoms. The Kier molecular flexibility index (Phi) is 2.44. The summed E-state index contributed by atoms with van der Waals surface area (Å²) in [5.74, 6) is -0.959. The van der Waals surface area contributed by atoms with Gasteiger partial charge in [-0.15, -0.1) is 0 Å². The second kappa shape index (κ2) is 2.40. The van der Waals surface area contributed by atoms with Crippen LogP contribution in [0.3, 0.4) is 0 Å². The summed E-state index contributed by atoms with van der Waals surface area (Å²) in [6.07, 6.45) is 0. The Morgan fingerprint density at radius 2 is 1.56 bits per heavy atom. The second-order valence-corrected chi connectivity index (χ2v) is 3.85. The molecule has 0 aromatic carbocycles. The highest BCUT2D eigenvalue weighted by Crippen LogP contribution is 2.29. The fourth-order valence-electron chi connectivity index (χ4n) is 0.306. The lowest BCUT2D eigenvalue weighted by Crippen LogP contribution is -2.41. The average Bonchev–Trinajstić information content (AvgIpc) is 1.64. The van der Waals surface area contributed by atoms with Crippen LogP contribution in [0, 0.1) is 5.41 Å². The monoisotopic (exact) mass is 148 g/mol. The molecule has 1 unspecified atom stereocenters. The van der Waals surface area contributed by atoms with Crippen molar-refractivity contribution in [2.75, 3.05) is 0 Å². The molecule has 0 saturated heterocycles. The molecule has 1 atom stereocenters. The van der Waals surface area contributed by atoms with Crippen molar-refractivity contribution in [2.24, 2.45) is 5.41 Å². The summed E-state index contributed by atoms with van der Waals surface area (Å²) in [6, 6.07) is 0. The first kappa shape index (κ1) is 9.14. The number of rotatable bonds is 1. The smallest absolute Gasteiger partial charge is 0.156 e. The molecule has 0 aromatic rings. The lowest BCUT2D eigenvalue weighted by molar-refractivity contribution is -0.190. The van der Waals surface area contributed by atoms with E-state index in [9.17, 15) is 5.11 Å². The van der Waals surface area contributed by atoms with Crippen molar-refractivity contribution in [1.29, 1.82) is 0 Å². The van der Waals surface area contributed by atoms with E-state index >= 15 is 0 Å². The largest absolute Gasteiger partial charge is 0.401 e. The van der Waals surface area contributed by atoms with Crippen molar-refractivity contribution in [3.63, 3.8) is 0 Å². The van der Waals surface area contributed by atoms with E-state index in [-0.39, 0.29) is 5.41 Å². The van der Waals surface area contributed by atoms with E-state index in [1.807, 2.05) is 20.8 Å². The topological polar surface area (TPSA) is 29.5 Å². The van der Waals surface area contributed by atoms with E-state index in [1.165, 1.54) is 0 Å². The van der Waals surface area contributed by atoms with Gasteiger partial charge in [-0.25, -0.2) is 0 Å². The third kappa shape index (κ3) is 2.08. The Labute approximate surface area is 59.8 Å². The summed E-state index contributed by atoms with van der Waals surface area (Å²) in [6.45, 7) is 7.54. The second-order valence-electron chi connectivity index (χ2n) is 3.44. The third-order valence-corrected chi connectivity index (χ3v) is 2.58. The minimum atomic E-state index is -0.959.